The fourth-order valence-electron chi connectivity index (χ4n) is 1.00. The highest BCUT2D eigenvalue weighted by molar-refractivity contribution is 14.1. The third-order valence-electron chi connectivity index (χ3n) is 2.01. The first-order chi connectivity index (χ1) is 4.80. The lowest BCUT2D eigenvalue weighted by Gasteiger charge is -2.34. The Morgan fingerprint density at radius 3 is 1.64 bits per heavy atom. The zero-order valence-corrected chi connectivity index (χ0v) is 9.66. The van der Waals surface area contributed by atoms with Crippen LogP contribution in [0.5, 0.6) is 0 Å². The van der Waals surface area contributed by atoms with Crippen LogP contribution in [0.3, 0.4) is 0 Å². The summed E-state index contributed by atoms with van der Waals surface area (Å²) in [6, 6.07) is 0. The first-order valence-electron chi connectivity index (χ1n) is 3.80. The van der Waals surface area contributed by atoms with Crippen molar-refractivity contribution in [3.63, 3.8) is 0 Å². The van der Waals surface area contributed by atoms with Gasteiger partial charge in [0.05, 0.1) is 6.10 Å². The number of rotatable bonds is 3. The van der Waals surface area contributed by atoms with Gasteiger partial charge in [0.25, 0.3) is 0 Å². The Balaban J connectivity index is 4.29. The molecule has 0 radical (unpaired) electrons. The zero-order valence-electron chi connectivity index (χ0n) is 7.50. The van der Waals surface area contributed by atoms with Crippen LogP contribution in [0.1, 0.15) is 27.7 Å². The van der Waals surface area contributed by atoms with E-state index in [0.29, 0.717) is 0 Å². The molecule has 0 saturated heterocycles. The molecule has 0 aliphatic heterocycles. The van der Waals surface area contributed by atoms with Crippen LogP contribution in [0.25, 0.3) is 0 Å². The van der Waals surface area contributed by atoms with Gasteiger partial charge in [-0.3, -0.25) is 0 Å². The number of aliphatic hydroxyl groups is 2. The molecule has 0 aliphatic carbocycles. The van der Waals surface area contributed by atoms with Crippen LogP contribution in [0, 0.1) is 11.3 Å². The van der Waals surface area contributed by atoms with Crippen molar-refractivity contribution in [3.05, 3.63) is 0 Å². The van der Waals surface area contributed by atoms with E-state index in [4.69, 9.17) is 0 Å². The molecule has 2 unspecified atom stereocenters. The van der Waals surface area contributed by atoms with Gasteiger partial charge in [0.15, 0.2) is 0 Å². The van der Waals surface area contributed by atoms with Gasteiger partial charge in [-0.05, 0) is 5.92 Å². The van der Waals surface area contributed by atoms with Crippen molar-refractivity contribution in [1.29, 1.82) is 0 Å². The van der Waals surface area contributed by atoms with E-state index in [0.717, 1.165) is 0 Å². The first-order valence-corrected chi connectivity index (χ1v) is 5.05. The van der Waals surface area contributed by atoms with Crippen LogP contribution < -0.4 is 0 Å². The maximum absolute atomic E-state index is 9.66. The van der Waals surface area contributed by atoms with E-state index in [2.05, 4.69) is 0 Å². The minimum absolute atomic E-state index is 0.189. The summed E-state index contributed by atoms with van der Waals surface area (Å²) >= 11 is 1.93. The highest BCUT2D eigenvalue weighted by Crippen LogP contribution is 2.32. The second kappa shape index (κ2) is 4.05. The highest BCUT2D eigenvalue weighted by Gasteiger charge is 2.35. The third-order valence-corrected chi connectivity index (χ3v) is 3.61. The van der Waals surface area contributed by atoms with Gasteiger partial charge in [0.2, 0.25) is 0 Å². The average molecular weight is 272 g/mol. The van der Waals surface area contributed by atoms with Gasteiger partial charge >= 0.3 is 0 Å². The van der Waals surface area contributed by atoms with Gasteiger partial charge in [-0.15, -0.1) is 0 Å². The van der Waals surface area contributed by atoms with Crippen molar-refractivity contribution in [2.24, 2.45) is 11.3 Å². The molecule has 0 aromatic heterocycles. The Labute approximate surface area is 82.1 Å². The van der Waals surface area contributed by atoms with E-state index >= 15 is 0 Å². The molecule has 68 valence electrons. The summed E-state index contributed by atoms with van der Waals surface area (Å²) in [5.41, 5.74) is -0.422. The molecule has 0 fully saturated rings. The second-order valence-electron chi connectivity index (χ2n) is 3.85. The molecule has 0 heterocycles. The van der Waals surface area contributed by atoms with Gasteiger partial charge < -0.3 is 10.2 Å². The van der Waals surface area contributed by atoms with E-state index in [1.165, 1.54) is 0 Å². The standard InChI is InChI=1S/C8H17IO2/c1-5(2)6(10)8(3,4)7(9)11/h5-7,10-11H,1-4H3. The summed E-state index contributed by atoms with van der Waals surface area (Å²) in [6.45, 7) is 7.64. The molecular weight excluding hydrogens is 255 g/mol. The number of halogens is 1. The molecule has 0 amide bonds. The first kappa shape index (κ1) is 11.6. The average Bonchev–Trinajstić information content (AvgIpc) is 1.85. The molecule has 0 aromatic rings. The molecule has 0 bridgehead atoms. The van der Waals surface area contributed by atoms with E-state index < -0.39 is 15.6 Å². The number of aliphatic hydroxyl groups excluding tert-OH is 2. The number of alkyl halides is 1. The molecule has 0 saturated carbocycles. The molecule has 2 atom stereocenters. The van der Waals surface area contributed by atoms with Crippen molar-refractivity contribution in [2.45, 2.75) is 37.9 Å². The maximum Gasteiger partial charge on any atom is 0.112 e. The molecule has 0 aromatic carbocycles. The quantitative estimate of drug-likeness (QED) is 0.607. The molecular formula is C8H17IO2. The number of hydrogen-bond donors (Lipinski definition) is 2. The van der Waals surface area contributed by atoms with Crippen LogP contribution in [0.15, 0.2) is 0 Å². The van der Waals surface area contributed by atoms with Crippen LogP contribution in [0.4, 0.5) is 0 Å². The third kappa shape index (κ3) is 2.87. The second-order valence-corrected chi connectivity index (χ2v) is 5.03. The predicted octanol–water partition coefficient (Wildman–Crippen LogP) is 1.78. The van der Waals surface area contributed by atoms with E-state index in [1.807, 2.05) is 50.3 Å². The van der Waals surface area contributed by atoms with Gasteiger partial charge in [-0.2, -0.15) is 0 Å². The summed E-state index contributed by atoms with van der Waals surface area (Å²) in [5.74, 6) is 0.189. The minimum Gasteiger partial charge on any atom is -0.392 e. The summed E-state index contributed by atoms with van der Waals surface area (Å²) in [4.78, 5) is 0. The molecule has 2 N–H and O–H groups in total. The Kier molecular flexibility index (Phi) is 4.29. The van der Waals surface area contributed by atoms with Crippen molar-refractivity contribution in [2.75, 3.05) is 0 Å². The fourth-order valence-corrected chi connectivity index (χ4v) is 1.37. The molecule has 2 nitrogen and oxygen atoms in total. The Bertz CT molecular complexity index is 121. The Morgan fingerprint density at radius 2 is 1.55 bits per heavy atom. The van der Waals surface area contributed by atoms with E-state index in [1.54, 1.807) is 0 Å². The monoisotopic (exact) mass is 272 g/mol. The number of hydrogen-bond acceptors (Lipinski definition) is 2. The van der Waals surface area contributed by atoms with Crippen molar-refractivity contribution < 1.29 is 10.2 Å². The van der Waals surface area contributed by atoms with Gasteiger partial charge in [0, 0.05) is 5.41 Å². The van der Waals surface area contributed by atoms with Crippen LogP contribution in [-0.4, -0.2) is 20.4 Å². The van der Waals surface area contributed by atoms with Crippen LogP contribution >= 0.6 is 22.6 Å². The minimum atomic E-state index is -0.502. The molecule has 0 rings (SSSR count). The molecule has 3 heteroatoms. The topological polar surface area (TPSA) is 40.5 Å². The van der Waals surface area contributed by atoms with Crippen molar-refractivity contribution >= 4 is 22.6 Å². The highest BCUT2D eigenvalue weighted by atomic mass is 127. The molecule has 0 spiro atoms. The van der Waals surface area contributed by atoms with Gasteiger partial charge in [0.1, 0.15) is 4.11 Å². The summed E-state index contributed by atoms with van der Waals surface area (Å²) in [5, 5.41) is 19.0. The summed E-state index contributed by atoms with van der Waals surface area (Å²) < 4.78 is -0.502. The summed E-state index contributed by atoms with van der Waals surface area (Å²) in [6.07, 6.45) is -0.450. The van der Waals surface area contributed by atoms with Crippen molar-refractivity contribution in [3.8, 4) is 0 Å². The smallest absolute Gasteiger partial charge is 0.112 e. The zero-order chi connectivity index (χ0) is 9.23. The van der Waals surface area contributed by atoms with E-state index in [-0.39, 0.29) is 5.92 Å². The maximum atomic E-state index is 9.66. The normalized spacial score (nSPS) is 18.5. The Morgan fingerprint density at radius 1 is 1.18 bits per heavy atom. The van der Waals surface area contributed by atoms with Crippen LogP contribution in [0.2, 0.25) is 0 Å². The van der Waals surface area contributed by atoms with Crippen molar-refractivity contribution in [1.82, 2.24) is 0 Å². The largest absolute Gasteiger partial charge is 0.392 e. The van der Waals surface area contributed by atoms with E-state index in [9.17, 15) is 10.2 Å². The fraction of sp³-hybridized carbons (Fsp3) is 1.00. The molecule has 11 heavy (non-hydrogen) atoms. The van der Waals surface area contributed by atoms with Gasteiger partial charge in [-0.25, -0.2) is 0 Å². The lowest BCUT2D eigenvalue weighted by atomic mass is 9.81. The van der Waals surface area contributed by atoms with Gasteiger partial charge in [-0.1, -0.05) is 50.3 Å². The lowest BCUT2D eigenvalue weighted by molar-refractivity contribution is -0.0276. The molecule has 0 aliphatic rings. The lowest BCUT2D eigenvalue weighted by Crippen LogP contribution is -2.40. The SMILES string of the molecule is CC(C)C(O)C(C)(C)C(O)I. The summed E-state index contributed by atoms with van der Waals surface area (Å²) in [7, 11) is 0. The van der Waals surface area contributed by atoms with Crippen LogP contribution in [-0.2, 0) is 0 Å². The predicted molar refractivity (Wildman–Crippen MR) is 54.7 cm³/mol. The Hall–Kier alpha value is 0.650.